The maximum absolute atomic E-state index is 12.2. The number of aromatic nitrogens is 1. The van der Waals surface area contributed by atoms with Gasteiger partial charge in [0.15, 0.2) is 0 Å². The van der Waals surface area contributed by atoms with Gasteiger partial charge in [0.05, 0.1) is 23.8 Å². The van der Waals surface area contributed by atoms with Gasteiger partial charge in [0.25, 0.3) is 0 Å². The molecule has 4 aromatic rings. The monoisotopic (exact) mass is 734 g/mol. The number of fused-ring (bicyclic) bond motifs is 2. The molecule has 6 rings (SSSR count). The molecule has 1 unspecified atom stereocenters. The molecule has 2 bridgehead atoms. The molecular formula is C36H39N4O7PS2. The van der Waals surface area contributed by atoms with Crippen molar-refractivity contribution in [2.45, 2.75) is 45.9 Å². The number of nitrogens with one attached hydrogen (secondary N) is 1. The molecule has 1 N–H and O–H groups in total. The SMILES string of the molecule is CC(C)(C)OC(=O)NCc1ncc(C2=CCN3CC2N(OS(=O)(=O)[O-])C3=O)s1.CC=C[P+](c1ccccc1)(c1ccccc1)c1ccccc1. The first-order valence-corrected chi connectivity index (χ1v) is 19.9. The predicted octanol–water partition coefficient (Wildman–Crippen LogP) is 5.58. The minimum atomic E-state index is -5.09. The quantitative estimate of drug-likeness (QED) is 0.134. The van der Waals surface area contributed by atoms with Crippen LogP contribution in [0.1, 0.15) is 37.6 Å². The Kier molecular flexibility index (Phi) is 11.5. The summed E-state index contributed by atoms with van der Waals surface area (Å²) < 4.78 is 42.3. The van der Waals surface area contributed by atoms with Gasteiger partial charge in [0.2, 0.25) is 10.4 Å². The molecule has 14 heteroatoms. The smallest absolute Gasteiger partial charge is 0.408 e. The molecule has 2 aliphatic rings. The van der Waals surface area contributed by atoms with E-state index in [1.54, 1.807) is 33.0 Å². The molecule has 2 aliphatic heterocycles. The molecule has 0 saturated carbocycles. The van der Waals surface area contributed by atoms with Gasteiger partial charge in [-0.2, -0.15) is 9.35 Å². The van der Waals surface area contributed by atoms with E-state index < -0.39 is 41.4 Å². The highest BCUT2D eigenvalue weighted by Crippen LogP contribution is 2.56. The number of amides is 3. The fraction of sp³-hybridized carbons (Fsp3) is 0.250. The number of benzene rings is 3. The molecule has 262 valence electrons. The second kappa shape index (κ2) is 15.7. The lowest BCUT2D eigenvalue weighted by atomic mass is 10.0. The van der Waals surface area contributed by atoms with Gasteiger partial charge in [-0.3, -0.25) is 0 Å². The minimum absolute atomic E-state index is 0.151. The van der Waals surface area contributed by atoms with Gasteiger partial charge in [-0.05, 0) is 69.7 Å². The number of hydrogen-bond donors (Lipinski definition) is 1. The van der Waals surface area contributed by atoms with Crippen LogP contribution in [0.3, 0.4) is 0 Å². The zero-order valence-electron chi connectivity index (χ0n) is 28.1. The summed E-state index contributed by atoms with van der Waals surface area (Å²) >= 11 is 1.27. The Hall–Kier alpha value is -4.39. The van der Waals surface area contributed by atoms with E-state index in [1.807, 2.05) is 0 Å². The molecule has 3 aromatic carbocycles. The molecule has 1 aromatic heterocycles. The van der Waals surface area contributed by atoms with Gasteiger partial charge in [-0.25, -0.2) is 23.0 Å². The Morgan fingerprint density at radius 2 is 1.54 bits per heavy atom. The largest absolute Gasteiger partial charge is 0.724 e. The zero-order valence-corrected chi connectivity index (χ0v) is 30.7. The van der Waals surface area contributed by atoms with Crippen LogP contribution in [0.15, 0.2) is 115 Å². The van der Waals surface area contributed by atoms with Gasteiger partial charge in [0, 0.05) is 12.7 Å². The van der Waals surface area contributed by atoms with Crippen molar-refractivity contribution in [2.24, 2.45) is 0 Å². The molecule has 1 atom stereocenters. The normalized spacial score (nSPS) is 16.1. The third-order valence-electron chi connectivity index (χ3n) is 7.68. The summed E-state index contributed by atoms with van der Waals surface area (Å²) in [4.78, 5) is 30.2. The number of urea groups is 1. The van der Waals surface area contributed by atoms with Crippen molar-refractivity contribution in [3.63, 3.8) is 0 Å². The van der Waals surface area contributed by atoms with Crippen LogP contribution in [-0.4, -0.2) is 64.8 Å². The fourth-order valence-electron chi connectivity index (χ4n) is 5.71. The lowest BCUT2D eigenvalue weighted by Crippen LogP contribution is -2.36. The number of carbonyl (C=O) groups excluding carboxylic acids is 2. The van der Waals surface area contributed by atoms with Crippen molar-refractivity contribution in [2.75, 3.05) is 13.1 Å². The highest BCUT2D eigenvalue weighted by Gasteiger charge is 2.45. The molecular weight excluding hydrogens is 696 g/mol. The van der Waals surface area contributed by atoms with Crippen molar-refractivity contribution in [3.05, 3.63) is 125 Å². The van der Waals surface area contributed by atoms with Gasteiger partial charge in [-0.1, -0.05) is 66.7 Å². The number of ether oxygens (including phenoxy) is 1. The van der Waals surface area contributed by atoms with Crippen LogP contribution in [-0.2, 0) is 26.0 Å². The maximum Gasteiger partial charge on any atom is 0.408 e. The van der Waals surface area contributed by atoms with E-state index in [9.17, 15) is 22.6 Å². The first kappa shape index (κ1) is 36.9. The van der Waals surface area contributed by atoms with Crippen LogP contribution in [0, 0.1) is 0 Å². The Labute approximate surface area is 297 Å². The van der Waals surface area contributed by atoms with Crippen LogP contribution in [0.5, 0.6) is 0 Å². The zero-order chi connectivity index (χ0) is 35.9. The Balaban J connectivity index is 0.000000200. The number of nitrogens with zero attached hydrogens (tertiary/aromatic N) is 3. The summed E-state index contributed by atoms with van der Waals surface area (Å²) in [6.07, 6.45) is 4.94. The van der Waals surface area contributed by atoms with E-state index in [2.05, 4.69) is 124 Å². The number of thiazole rings is 1. The first-order chi connectivity index (χ1) is 23.8. The topological polar surface area (TPSA) is 141 Å². The number of rotatable bonds is 9. The average molecular weight is 735 g/mol. The molecule has 3 heterocycles. The number of alkyl carbamates (subject to hydrolysis) is 1. The first-order valence-electron chi connectivity index (χ1n) is 15.9. The summed E-state index contributed by atoms with van der Waals surface area (Å²) in [5.41, 5.74) is 0.0175. The van der Waals surface area contributed by atoms with Crippen molar-refractivity contribution < 1.29 is 31.6 Å². The number of allylic oxidation sites excluding steroid dienone is 1. The maximum atomic E-state index is 12.2. The van der Waals surface area contributed by atoms with E-state index in [0.29, 0.717) is 20.5 Å². The molecule has 0 aliphatic carbocycles. The highest BCUT2D eigenvalue weighted by molar-refractivity contribution is 7.98. The number of hydrogen-bond acceptors (Lipinski definition) is 9. The minimum Gasteiger partial charge on any atom is -0.724 e. The van der Waals surface area contributed by atoms with E-state index in [1.165, 1.54) is 32.2 Å². The molecule has 0 spiro atoms. The Morgan fingerprint density at radius 1 is 1.00 bits per heavy atom. The second-order valence-corrected chi connectivity index (χ2v) is 17.7. The molecule has 1 fully saturated rings. The van der Waals surface area contributed by atoms with Gasteiger partial charge in [0.1, 0.15) is 39.8 Å². The van der Waals surface area contributed by atoms with E-state index in [0.717, 1.165) is 0 Å². The summed E-state index contributed by atoms with van der Waals surface area (Å²) in [6.45, 7) is 7.99. The summed E-state index contributed by atoms with van der Waals surface area (Å²) in [5, 5.41) is 7.96. The molecule has 11 nitrogen and oxygen atoms in total. The van der Waals surface area contributed by atoms with Crippen LogP contribution in [0.25, 0.3) is 5.57 Å². The molecule has 1 saturated heterocycles. The van der Waals surface area contributed by atoms with Crippen LogP contribution < -0.4 is 21.2 Å². The van der Waals surface area contributed by atoms with E-state index >= 15 is 0 Å². The lowest BCUT2D eigenvalue weighted by Gasteiger charge is -2.24. The fourth-order valence-corrected chi connectivity index (χ4v) is 10.8. The molecule has 3 amide bonds. The number of carbonyl (C=O) groups is 2. The van der Waals surface area contributed by atoms with Gasteiger partial charge >= 0.3 is 12.1 Å². The summed E-state index contributed by atoms with van der Waals surface area (Å²) in [6, 6.07) is 31.2. The number of hydroxylamine groups is 2. The highest BCUT2D eigenvalue weighted by atomic mass is 32.3. The van der Waals surface area contributed by atoms with E-state index in [-0.39, 0.29) is 19.6 Å². The predicted molar refractivity (Wildman–Crippen MR) is 197 cm³/mol. The van der Waals surface area contributed by atoms with Gasteiger partial charge in [-0.15, -0.1) is 11.3 Å². The van der Waals surface area contributed by atoms with Crippen molar-refractivity contribution in [1.82, 2.24) is 20.3 Å². The Bertz CT molecular complexity index is 1850. The standard InChI is InChI=1S/C21H20P.C15H20N4O7S2/c1-2-18-22(19-12-6-3-7-13-19,20-14-8-4-9-15-20)21-16-10-5-11-17-21;1-15(2,3)25-13(20)17-7-12-16-6-11(27-12)9-4-5-18-8-10(9)19(14(18)21)26-28(22,23)24/h2-18H,1H3;4,6,10H,5,7-8H2,1-3H3,(H,17,20)(H,22,23,24)/q+1;/p-1. The van der Waals surface area contributed by atoms with Crippen LogP contribution in [0.4, 0.5) is 9.59 Å². The van der Waals surface area contributed by atoms with Gasteiger partial charge < -0.3 is 19.5 Å². The van der Waals surface area contributed by atoms with E-state index in [4.69, 9.17) is 4.74 Å². The van der Waals surface area contributed by atoms with Crippen LogP contribution in [0.2, 0.25) is 0 Å². The Morgan fingerprint density at radius 3 is 2.02 bits per heavy atom. The third kappa shape index (κ3) is 8.85. The second-order valence-electron chi connectivity index (χ2n) is 12.4. The van der Waals surface area contributed by atoms with Crippen molar-refractivity contribution >= 4 is 62.6 Å². The summed E-state index contributed by atoms with van der Waals surface area (Å²) in [7, 11) is -6.82. The average Bonchev–Trinajstić information content (AvgIpc) is 3.65. The summed E-state index contributed by atoms with van der Waals surface area (Å²) in [5.74, 6) is 2.41. The third-order valence-corrected chi connectivity index (χ3v) is 13.2. The van der Waals surface area contributed by atoms with Crippen molar-refractivity contribution in [3.8, 4) is 0 Å². The van der Waals surface area contributed by atoms with Crippen molar-refractivity contribution in [1.29, 1.82) is 0 Å². The lowest BCUT2D eigenvalue weighted by molar-refractivity contribution is -0.0171. The molecule has 0 radical (unpaired) electrons. The molecule has 50 heavy (non-hydrogen) atoms. The van der Waals surface area contributed by atoms with Crippen LogP contribution >= 0.6 is 18.6 Å².